The summed E-state index contributed by atoms with van der Waals surface area (Å²) in [6.45, 7) is 0. The van der Waals surface area contributed by atoms with Gasteiger partial charge in [0.1, 0.15) is 0 Å². The number of nitrogens with one attached hydrogen (secondary N) is 1. The minimum Gasteiger partial charge on any atom is -0.248 e. The minimum absolute atomic E-state index is 0.842. The largest absolute Gasteiger partial charge is 0.248 e. The molecule has 5 aliphatic rings. The molecule has 5 aliphatic heterocycles. The summed E-state index contributed by atoms with van der Waals surface area (Å²) in [4.78, 5) is 10.9. The third kappa shape index (κ3) is 4.40. The Bertz CT molecular complexity index is 2250. The Kier molecular flexibility index (Phi) is 6.24. The number of allylic oxidation sites excluding steroid dienone is 8. The van der Waals surface area contributed by atoms with Crippen molar-refractivity contribution < 1.29 is 0 Å². The molecular formula is C44H31N5. The Morgan fingerprint density at radius 1 is 0.408 bits per heavy atom. The van der Waals surface area contributed by atoms with Crippen molar-refractivity contribution >= 4 is 33.7 Å². The van der Waals surface area contributed by atoms with Gasteiger partial charge in [0.25, 0.3) is 0 Å². The maximum Gasteiger partial charge on any atom is 0.0746 e. The Hall–Kier alpha value is -6.46. The molecule has 0 aliphatic carbocycles. The molecule has 1 saturated heterocycles. The van der Waals surface area contributed by atoms with Crippen molar-refractivity contribution in [3.8, 4) is 0 Å². The normalized spacial score (nSPS) is 17.5. The first-order valence-electron chi connectivity index (χ1n) is 16.8. The summed E-state index contributed by atoms with van der Waals surface area (Å²) in [5.41, 5.74) is 21.2. The summed E-state index contributed by atoms with van der Waals surface area (Å²) < 4.78 is 2.26. The number of hydrogen-bond acceptors (Lipinski definition) is 4. The number of hydrogen-bond donors (Lipinski definition) is 1. The van der Waals surface area contributed by atoms with Crippen LogP contribution in [-0.2, 0) is 0 Å². The van der Waals surface area contributed by atoms with Gasteiger partial charge < -0.3 is 0 Å². The molecule has 5 heteroatoms. The van der Waals surface area contributed by atoms with Gasteiger partial charge in [-0.1, -0.05) is 121 Å². The third-order valence-electron chi connectivity index (χ3n) is 9.86. The van der Waals surface area contributed by atoms with Gasteiger partial charge in [-0.05, 0) is 71.5 Å². The molecule has 4 aromatic carbocycles. The second-order valence-electron chi connectivity index (χ2n) is 12.7. The highest BCUT2D eigenvalue weighted by molar-refractivity contribution is 6.33. The number of hydrazine groups is 1. The van der Waals surface area contributed by atoms with Gasteiger partial charge in [-0.3, -0.25) is 0 Å². The summed E-state index contributed by atoms with van der Waals surface area (Å²) >= 11 is 0. The first-order chi connectivity index (χ1) is 24.3. The van der Waals surface area contributed by atoms with Gasteiger partial charge >= 0.3 is 0 Å². The van der Waals surface area contributed by atoms with Gasteiger partial charge in [-0.2, -0.15) is 0 Å². The van der Waals surface area contributed by atoms with Gasteiger partial charge in [0.15, 0.2) is 0 Å². The Balaban J connectivity index is 1.37. The second-order valence-corrected chi connectivity index (χ2v) is 12.7. The highest BCUT2D eigenvalue weighted by Gasteiger charge is 2.36. The molecule has 1 fully saturated rings. The van der Waals surface area contributed by atoms with E-state index in [1.165, 1.54) is 11.4 Å². The average molecular weight is 630 g/mol. The quantitative estimate of drug-likeness (QED) is 0.215. The average Bonchev–Trinajstić information content (AvgIpc) is 3.98. The second kappa shape index (κ2) is 11.1. The number of fused-ring (bicyclic) bond motifs is 2. The van der Waals surface area contributed by atoms with Gasteiger partial charge in [-0.15, -0.1) is 0 Å². The van der Waals surface area contributed by atoms with Crippen molar-refractivity contribution in [2.45, 2.75) is 12.8 Å². The van der Waals surface area contributed by atoms with Crippen molar-refractivity contribution in [1.82, 2.24) is 9.69 Å². The van der Waals surface area contributed by atoms with E-state index in [2.05, 4.69) is 173 Å². The fourth-order valence-corrected chi connectivity index (χ4v) is 7.73. The van der Waals surface area contributed by atoms with E-state index in [9.17, 15) is 0 Å². The van der Waals surface area contributed by atoms with Crippen molar-refractivity contribution in [2.24, 2.45) is 9.98 Å². The molecule has 0 amide bonds. The smallest absolute Gasteiger partial charge is 0.0746 e. The van der Waals surface area contributed by atoms with Crippen molar-refractivity contribution in [1.29, 1.82) is 0 Å². The first-order valence-corrected chi connectivity index (χ1v) is 16.8. The van der Waals surface area contributed by atoms with Crippen LogP contribution in [0.25, 0.3) is 22.3 Å². The van der Waals surface area contributed by atoms with E-state index >= 15 is 0 Å². The molecule has 1 aromatic heterocycles. The molecule has 0 atom stereocenters. The van der Waals surface area contributed by atoms with Crippen molar-refractivity contribution in [3.63, 3.8) is 0 Å². The lowest BCUT2D eigenvalue weighted by molar-refractivity contribution is 0.470. The van der Waals surface area contributed by atoms with E-state index in [0.29, 0.717) is 0 Å². The fraction of sp³-hybridized carbons (Fsp3) is 0.0455. The third-order valence-corrected chi connectivity index (χ3v) is 9.86. The van der Waals surface area contributed by atoms with Crippen LogP contribution >= 0.6 is 0 Å². The van der Waals surface area contributed by atoms with Crippen LogP contribution in [-0.4, -0.2) is 21.1 Å². The lowest BCUT2D eigenvalue weighted by Crippen LogP contribution is -2.36. The molecule has 0 spiro atoms. The topological polar surface area (TPSA) is 44.9 Å². The molecular weight excluding hydrogens is 599 g/mol. The first kappa shape index (κ1) is 27.6. The zero-order valence-electron chi connectivity index (χ0n) is 26.7. The molecule has 0 radical (unpaired) electrons. The highest BCUT2D eigenvalue weighted by atomic mass is 15.7. The lowest BCUT2D eigenvalue weighted by atomic mass is 9.97. The van der Waals surface area contributed by atoms with E-state index in [-0.39, 0.29) is 0 Å². The van der Waals surface area contributed by atoms with E-state index < -0.39 is 0 Å². The number of aromatic nitrogens is 1. The van der Waals surface area contributed by atoms with Crippen LogP contribution in [0, 0.1) is 0 Å². The maximum absolute atomic E-state index is 5.44. The SMILES string of the molecule is C1=CC2=C(c3ccccc3)c3ccc4n3NN3C(=C(c5ccccc5)C1=N2)CCC3=C(c1ccccc1)C1=NC(=C4c2ccccc2)C=C1. The summed E-state index contributed by atoms with van der Waals surface area (Å²) in [6.07, 6.45) is 10.4. The van der Waals surface area contributed by atoms with Crippen molar-refractivity contribution in [3.05, 3.63) is 214 Å². The summed E-state index contributed by atoms with van der Waals surface area (Å²) in [7, 11) is 0. The fourth-order valence-electron chi connectivity index (χ4n) is 7.73. The molecule has 1 N–H and O–H groups in total. The molecule has 10 rings (SSSR count). The number of nitrogens with zero attached hydrogens (tertiary/aromatic N) is 4. The summed E-state index contributed by atoms with van der Waals surface area (Å²) in [5, 5.41) is 2.34. The Labute approximate surface area is 285 Å². The molecule has 49 heavy (non-hydrogen) atoms. The standard InChI is InChI=1S/C44H31N5/c1-5-13-29(14-6-1)41-33-21-22-34(45-33)42(30-15-7-2-8-16-30)39-27-28-40-44(32-19-11-4-12-20-32)36-24-23-35(46-36)43(31-17-9-3-10-18-31)38-26-25-37(41)48(38)47-49(39)40/h1-26,47H,27-28H2. The number of benzene rings is 4. The Morgan fingerprint density at radius 2 is 0.776 bits per heavy atom. The summed E-state index contributed by atoms with van der Waals surface area (Å²) in [6, 6.07) is 47.1. The lowest BCUT2D eigenvalue weighted by Gasteiger charge is -2.32. The zero-order valence-corrected chi connectivity index (χ0v) is 26.7. The molecule has 0 unspecified atom stereocenters. The van der Waals surface area contributed by atoms with Crippen LogP contribution in [0.4, 0.5) is 0 Å². The minimum atomic E-state index is 0.842. The zero-order chi connectivity index (χ0) is 32.3. The van der Waals surface area contributed by atoms with Crippen molar-refractivity contribution in [2.75, 3.05) is 5.53 Å². The van der Waals surface area contributed by atoms with E-state index in [1.807, 2.05) is 0 Å². The van der Waals surface area contributed by atoms with Crippen LogP contribution in [0.1, 0.15) is 46.5 Å². The predicted molar refractivity (Wildman–Crippen MR) is 200 cm³/mol. The molecule has 6 heterocycles. The van der Waals surface area contributed by atoms with Gasteiger partial charge in [-0.25, -0.2) is 25.2 Å². The molecule has 232 valence electrons. The van der Waals surface area contributed by atoms with Crippen LogP contribution in [0.2, 0.25) is 0 Å². The van der Waals surface area contributed by atoms with E-state index in [0.717, 1.165) is 91.6 Å². The maximum atomic E-state index is 5.44. The van der Waals surface area contributed by atoms with Crippen LogP contribution in [0.5, 0.6) is 0 Å². The van der Waals surface area contributed by atoms with Gasteiger partial charge in [0, 0.05) is 22.3 Å². The highest BCUT2D eigenvalue weighted by Crippen LogP contribution is 2.45. The van der Waals surface area contributed by atoms with E-state index in [4.69, 9.17) is 9.98 Å². The molecule has 6 bridgehead atoms. The molecule has 5 aromatic rings. The number of rotatable bonds is 4. The Morgan fingerprint density at radius 3 is 1.16 bits per heavy atom. The van der Waals surface area contributed by atoms with Crippen LogP contribution in [0.3, 0.4) is 0 Å². The molecule has 0 saturated carbocycles. The van der Waals surface area contributed by atoms with Gasteiger partial charge in [0.05, 0.1) is 45.6 Å². The molecule has 5 nitrogen and oxygen atoms in total. The van der Waals surface area contributed by atoms with Crippen LogP contribution in [0.15, 0.2) is 191 Å². The summed E-state index contributed by atoms with van der Waals surface area (Å²) in [5.74, 6) is 0. The monoisotopic (exact) mass is 629 g/mol. The number of aliphatic imine (C=N–C) groups is 2. The predicted octanol–water partition coefficient (Wildman–Crippen LogP) is 9.43. The van der Waals surface area contributed by atoms with Crippen LogP contribution < -0.4 is 5.53 Å². The van der Waals surface area contributed by atoms with Gasteiger partial charge in [0.2, 0.25) is 0 Å². The van der Waals surface area contributed by atoms with E-state index in [1.54, 1.807) is 0 Å².